The minimum atomic E-state index is -0.0933. The summed E-state index contributed by atoms with van der Waals surface area (Å²) in [5.41, 5.74) is 9.27. The lowest BCUT2D eigenvalue weighted by molar-refractivity contribution is 0.0767. The van der Waals surface area contributed by atoms with Gasteiger partial charge >= 0.3 is 0 Å². The number of rotatable bonds is 4. The average molecular weight is 425 g/mol. The number of nitrogen functional groups attached to an aromatic ring is 1. The minimum Gasteiger partial charge on any atom is -0.414 e. The van der Waals surface area contributed by atoms with E-state index in [4.69, 9.17) is 10.2 Å². The molecule has 0 atom stereocenters. The van der Waals surface area contributed by atoms with Crippen molar-refractivity contribution >= 4 is 17.3 Å². The summed E-state index contributed by atoms with van der Waals surface area (Å²) in [6, 6.07) is 14.8. The van der Waals surface area contributed by atoms with Gasteiger partial charge in [0.25, 0.3) is 11.8 Å². The van der Waals surface area contributed by atoms with E-state index in [0.29, 0.717) is 42.5 Å². The van der Waals surface area contributed by atoms with Crippen LogP contribution in [0.15, 0.2) is 71.4 Å². The van der Waals surface area contributed by atoms with Crippen LogP contribution in [-0.4, -0.2) is 49.0 Å². The van der Waals surface area contributed by atoms with E-state index in [9.17, 15) is 4.79 Å². The number of anilines is 1. The first kappa shape index (κ1) is 19.6. The summed E-state index contributed by atoms with van der Waals surface area (Å²) in [5.74, 6) is 0.705. The van der Waals surface area contributed by atoms with Gasteiger partial charge in [-0.3, -0.25) is 9.78 Å². The van der Waals surface area contributed by atoms with Crippen molar-refractivity contribution in [2.45, 2.75) is 6.42 Å². The Morgan fingerprint density at radius 2 is 1.81 bits per heavy atom. The maximum Gasteiger partial charge on any atom is 0.272 e. The Balaban J connectivity index is 1.37. The van der Waals surface area contributed by atoms with Crippen LogP contribution >= 0.6 is 0 Å². The van der Waals surface area contributed by atoms with Gasteiger partial charge in [-0.25, -0.2) is 9.97 Å². The van der Waals surface area contributed by atoms with Crippen molar-refractivity contribution in [2.24, 2.45) is 0 Å². The van der Waals surface area contributed by atoms with Crippen LogP contribution in [0.3, 0.4) is 0 Å². The smallest absolute Gasteiger partial charge is 0.272 e. The number of benzene rings is 1. The fraction of sp³-hybridized carbons (Fsp3) is 0.130. The van der Waals surface area contributed by atoms with E-state index < -0.39 is 0 Å². The average Bonchev–Trinajstić information content (AvgIpc) is 3.35. The van der Waals surface area contributed by atoms with Gasteiger partial charge in [-0.2, -0.15) is 0 Å². The summed E-state index contributed by atoms with van der Waals surface area (Å²) in [5, 5.41) is 8.20. The van der Waals surface area contributed by atoms with Crippen molar-refractivity contribution in [3.05, 3.63) is 78.4 Å². The van der Waals surface area contributed by atoms with Crippen LogP contribution in [0.5, 0.6) is 0 Å². The molecule has 9 heteroatoms. The zero-order chi connectivity index (χ0) is 21.9. The van der Waals surface area contributed by atoms with Gasteiger partial charge in [-0.15, -0.1) is 10.2 Å². The van der Waals surface area contributed by atoms with Crippen LogP contribution in [0.25, 0.3) is 28.6 Å². The number of pyridine rings is 1. The first-order valence-electron chi connectivity index (χ1n) is 10.1. The van der Waals surface area contributed by atoms with E-state index >= 15 is 0 Å². The number of carbonyl (C=O) groups is 1. The highest BCUT2D eigenvalue weighted by Gasteiger charge is 2.22. The maximum absolute atomic E-state index is 12.6. The Morgan fingerprint density at radius 3 is 2.56 bits per heavy atom. The molecule has 158 valence electrons. The second kappa shape index (κ2) is 8.38. The highest BCUT2D eigenvalue weighted by atomic mass is 16.4. The monoisotopic (exact) mass is 425 g/mol. The molecule has 1 amide bonds. The number of carbonyl (C=O) groups excluding carboxylic acids is 1. The number of nitrogens with two attached hydrogens (primary N) is 1. The molecule has 0 radical (unpaired) electrons. The van der Waals surface area contributed by atoms with E-state index in [-0.39, 0.29) is 17.6 Å². The van der Waals surface area contributed by atoms with Crippen molar-refractivity contribution in [3.63, 3.8) is 0 Å². The summed E-state index contributed by atoms with van der Waals surface area (Å²) in [7, 11) is 0. The summed E-state index contributed by atoms with van der Waals surface area (Å²) < 4.78 is 5.79. The third-order valence-corrected chi connectivity index (χ3v) is 5.16. The Morgan fingerprint density at radius 1 is 1.00 bits per heavy atom. The first-order chi connectivity index (χ1) is 15.7. The molecular formula is C23H19N7O2. The molecule has 0 saturated carbocycles. The Bertz CT molecular complexity index is 1290. The molecule has 4 heterocycles. The van der Waals surface area contributed by atoms with Gasteiger partial charge in [0.15, 0.2) is 11.5 Å². The zero-order valence-corrected chi connectivity index (χ0v) is 17.0. The molecular weight excluding hydrogens is 406 g/mol. The molecule has 1 aromatic carbocycles. The maximum atomic E-state index is 12.6. The van der Waals surface area contributed by atoms with E-state index in [2.05, 4.69) is 25.1 Å². The molecule has 9 nitrogen and oxygen atoms in total. The van der Waals surface area contributed by atoms with Crippen molar-refractivity contribution < 1.29 is 9.21 Å². The number of nitrogens with zero attached hydrogens (tertiary/aromatic N) is 6. The lowest BCUT2D eigenvalue weighted by Crippen LogP contribution is -2.35. The highest BCUT2D eigenvalue weighted by Crippen LogP contribution is 2.28. The van der Waals surface area contributed by atoms with Crippen LogP contribution in [0, 0.1) is 0 Å². The Kier molecular flexibility index (Phi) is 5.12. The number of amides is 1. The molecule has 0 fully saturated rings. The molecule has 2 N–H and O–H groups in total. The molecule has 1 aliphatic rings. The largest absolute Gasteiger partial charge is 0.414 e. The standard InChI is InChI=1S/C23H19N7O2/c24-20-19(22-29-28-21(32-22)16-6-2-1-3-7-16)27-18(14-26-20)15-9-12-30(13-10-15)23(31)17-8-4-5-11-25-17/h1-9,11,14H,10,12-13H2,(H2,24,26). The van der Waals surface area contributed by atoms with E-state index in [1.54, 1.807) is 35.5 Å². The van der Waals surface area contributed by atoms with Crippen LogP contribution in [0.4, 0.5) is 5.82 Å². The summed E-state index contributed by atoms with van der Waals surface area (Å²) in [6.07, 6.45) is 5.84. The molecule has 1 aliphatic heterocycles. The molecule has 5 rings (SSSR count). The molecule has 0 unspecified atom stereocenters. The zero-order valence-electron chi connectivity index (χ0n) is 17.0. The van der Waals surface area contributed by atoms with Crippen LogP contribution in [0.1, 0.15) is 22.6 Å². The minimum absolute atomic E-state index is 0.0933. The third-order valence-electron chi connectivity index (χ3n) is 5.16. The van der Waals surface area contributed by atoms with Gasteiger partial charge in [-0.1, -0.05) is 30.3 Å². The SMILES string of the molecule is Nc1ncc(C2=CCN(C(=O)c3ccccn3)CC2)nc1-c1nnc(-c2ccccc2)o1. The van der Waals surface area contributed by atoms with Crippen LogP contribution in [-0.2, 0) is 0 Å². The van der Waals surface area contributed by atoms with E-state index in [1.807, 2.05) is 36.4 Å². The van der Waals surface area contributed by atoms with E-state index in [1.165, 1.54) is 0 Å². The van der Waals surface area contributed by atoms with Gasteiger partial charge < -0.3 is 15.1 Å². The summed E-state index contributed by atoms with van der Waals surface area (Å²) in [6.45, 7) is 1.02. The molecule has 0 bridgehead atoms. The third kappa shape index (κ3) is 3.83. The fourth-order valence-corrected chi connectivity index (χ4v) is 3.46. The number of aromatic nitrogens is 5. The predicted octanol–water partition coefficient (Wildman–Crippen LogP) is 3.10. The van der Waals surface area contributed by atoms with Crippen LogP contribution < -0.4 is 5.73 Å². The fourth-order valence-electron chi connectivity index (χ4n) is 3.46. The molecule has 0 spiro atoms. The van der Waals surface area contributed by atoms with Crippen molar-refractivity contribution in [2.75, 3.05) is 18.8 Å². The van der Waals surface area contributed by atoms with Gasteiger partial charge in [-0.05, 0) is 36.3 Å². The second-order valence-corrected chi connectivity index (χ2v) is 7.21. The highest BCUT2D eigenvalue weighted by molar-refractivity contribution is 5.92. The van der Waals surface area contributed by atoms with Crippen LogP contribution in [0.2, 0.25) is 0 Å². The first-order valence-corrected chi connectivity index (χ1v) is 10.1. The molecule has 0 aliphatic carbocycles. The molecule has 3 aromatic heterocycles. The van der Waals surface area contributed by atoms with Gasteiger partial charge in [0.2, 0.25) is 5.89 Å². The van der Waals surface area contributed by atoms with E-state index in [0.717, 1.165) is 11.1 Å². The second-order valence-electron chi connectivity index (χ2n) is 7.21. The molecule has 4 aromatic rings. The predicted molar refractivity (Wildman–Crippen MR) is 118 cm³/mol. The van der Waals surface area contributed by atoms with Crippen molar-refractivity contribution in [3.8, 4) is 23.0 Å². The summed E-state index contributed by atoms with van der Waals surface area (Å²) in [4.78, 5) is 27.4. The van der Waals surface area contributed by atoms with Gasteiger partial charge in [0.05, 0.1) is 11.9 Å². The molecule has 0 saturated heterocycles. The Hall–Kier alpha value is -4.40. The van der Waals surface area contributed by atoms with Crippen molar-refractivity contribution in [1.82, 2.24) is 30.0 Å². The normalized spacial score (nSPS) is 13.6. The Labute approximate surface area is 183 Å². The van der Waals surface area contributed by atoms with Gasteiger partial charge in [0, 0.05) is 24.8 Å². The summed E-state index contributed by atoms with van der Waals surface area (Å²) >= 11 is 0. The lowest BCUT2D eigenvalue weighted by atomic mass is 10.0. The lowest BCUT2D eigenvalue weighted by Gasteiger charge is -2.26. The topological polar surface area (TPSA) is 124 Å². The van der Waals surface area contributed by atoms with Gasteiger partial charge in [0.1, 0.15) is 5.69 Å². The quantitative estimate of drug-likeness (QED) is 0.529. The van der Waals surface area contributed by atoms with Crippen molar-refractivity contribution in [1.29, 1.82) is 0 Å². The number of hydrogen-bond acceptors (Lipinski definition) is 8. The molecule has 32 heavy (non-hydrogen) atoms. The number of hydrogen-bond donors (Lipinski definition) is 1.